The first-order valence-corrected chi connectivity index (χ1v) is 11.1. The summed E-state index contributed by atoms with van der Waals surface area (Å²) >= 11 is 13.7. The number of thioether (sulfide) groups is 2. The molecule has 0 fully saturated rings. The van der Waals surface area contributed by atoms with Crippen molar-refractivity contribution in [2.75, 3.05) is 0 Å². The van der Waals surface area contributed by atoms with Gasteiger partial charge in [-0.1, -0.05) is 35.3 Å². The monoisotopic (exact) mass is 470 g/mol. The number of hydrogen-bond acceptors (Lipinski definition) is 6. The fourth-order valence-electron chi connectivity index (χ4n) is 2.57. The summed E-state index contributed by atoms with van der Waals surface area (Å²) in [6.07, 6.45) is 0. The van der Waals surface area contributed by atoms with Gasteiger partial charge in [-0.3, -0.25) is 9.59 Å². The Morgan fingerprint density at radius 1 is 0.600 bits per heavy atom. The second-order valence-electron chi connectivity index (χ2n) is 6.12. The van der Waals surface area contributed by atoms with Crippen LogP contribution < -0.4 is 0 Å². The molecule has 0 aliphatic carbocycles. The van der Waals surface area contributed by atoms with E-state index in [0.717, 1.165) is 23.5 Å². The van der Waals surface area contributed by atoms with Crippen molar-refractivity contribution in [2.45, 2.75) is 10.1 Å². The Morgan fingerprint density at radius 2 is 0.967 bits per heavy atom. The number of aromatic nitrogens is 2. The maximum Gasteiger partial charge on any atom is 0.225 e. The van der Waals surface area contributed by atoms with Gasteiger partial charge < -0.3 is 0 Å². The first-order chi connectivity index (χ1) is 14.5. The molecule has 0 spiro atoms. The average molecular weight is 471 g/mol. The van der Waals surface area contributed by atoms with E-state index in [1.54, 1.807) is 48.5 Å². The minimum atomic E-state index is -0.211. The molecule has 30 heavy (non-hydrogen) atoms. The fraction of sp³-hybridized carbons (Fsp3) is 0. The highest BCUT2D eigenvalue weighted by Crippen LogP contribution is 2.33. The van der Waals surface area contributed by atoms with Crippen molar-refractivity contribution in [2.24, 2.45) is 0 Å². The highest BCUT2D eigenvalue weighted by Gasteiger charge is 2.19. The highest BCUT2D eigenvalue weighted by molar-refractivity contribution is 8.16. The standard InChI is InChI=1S/C22H12Cl2N2O2S2/c23-15-9-5-13(6-10-15)21(27)29-19-20(26-18-4-2-1-3-17(18)25-19)30-22(28)14-7-11-16(24)12-8-14/h1-12H. The summed E-state index contributed by atoms with van der Waals surface area (Å²) in [4.78, 5) is 34.7. The van der Waals surface area contributed by atoms with Crippen LogP contribution in [0.1, 0.15) is 20.7 Å². The molecule has 4 rings (SSSR count). The quantitative estimate of drug-likeness (QED) is 0.305. The molecule has 4 nitrogen and oxygen atoms in total. The van der Waals surface area contributed by atoms with Gasteiger partial charge in [0.1, 0.15) is 10.1 Å². The molecule has 1 heterocycles. The van der Waals surface area contributed by atoms with Crippen molar-refractivity contribution in [3.8, 4) is 0 Å². The van der Waals surface area contributed by atoms with Crippen LogP contribution in [0.25, 0.3) is 11.0 Å². The van der Waals surface area contributed by atoms with E-state index in [0.29, 0.717) is 42.3 Å². The van der Waals surface area contributed by atoms with Gasteiger partial charge in [-0.15, -0.1) is 0 Å². The minimum absolute atomic E-state index is 0.211. The molecule has 4 aromatic rings. The third-order valence-electron chi connectivity index (χ3n) is 4.05. The Labute approximate surface area is 191 Å². The fourth-order valence-corrected chi connectivity index (χ4v) is 4.48. The smallest absolute Gasteiger partial charge is 0.225 e. The van der Waals surface area contributed by atoms with Gasteiger partial charge in [-0.05, 0) is 84.2 Å². The molecule has 0 aliphatic rings. The van der Waals surface area contributed by atoms with Gasteiger partial charge in [-0.25, -0.2) is 9.97 Å². The van der Waals surface area contributed by atoms with Crippen LogP contribution in [-0.2, 0) is 0 Å². The summed E-state index contributed by atoms with van der Waals surface area (Å²) in [5.41, 5.74) is 2.26. The molecule has 148 valence electrons. The molecule has 1 aromatic heterocycles. The summed E-state index contributed by atoms with van der Waals surface area (Å²) in [6.45, 7) is 0. The van der Waals surface area contributed by atoms with Gasteiger partial charge >= 0.3 is 0 Å². The van der Waals surface area contributed by atoms with Crippen molar-refractivity contribution < 1.29 is 9.59 Å². The van der Waals surface area contributed by atoms with E-state index in [9.17, 15) is 9.59 Å². The first-order valence-electron chi connectivity index (χ1n) is 8.72. The Balaban J connectivity index is 1.68. The van der Waals surface area contributed by atoms with E-state index in [4.69, 9.17) is 23.2 Å². The van der Waals surface area contributed by atoms with Crippen LogP contribution in [0.15, 0.2) is 82.8 Å². The maximum absolute atomic E-state index is 12.8. The first kappa shape index (κ1) is 20.9. The van der Waals surface area contributed by atoms with E-state index in [1.807, 2.05) is 24.3 Å². The van der Waals surface area contributed by atoms with Gasteiger partial charge in [-0.2, -0.15) is 0 Å². The summed E-state index contributed by atoms with van der Waals surface area (Å²) in [5, 5.41) is 1.43. The Kier molecular flexibility index (Phi) is 6.39. The number of carbonyl (C=O) groups is 2. The van der Waals surface area contributed by atoms with Crippen LogP contribution in [0.4, 0.5) is 0 Å². The SMILES string of the molecule is O=C(Sc1nc2ccccc2nc1SC(=O)c1ccc(Cl)cc1)c1ccc(Cl)cc1. The van der Waals surface area contributed by atoms with Gasteiger partial charge in [0.25, 0.3) is 0 Å². The normalized spacial score (nSPS) is 10.9. The summed E-state index contributed by atoms with van der Waals surface area (Å²) in [5.74, 6) is 0. The molecule has 0 unspecified atom stereocenters. The lowest BCUT2D eigenvalue weighted by Crippen LogP contribution is -2.00. The van der Waals surface area contributed by atoms with E-state index in [1.165, 1.54) is 0 Å². The average Bonchev–Trinajstić information content (AvgIpc) is 2.75. The van der Waals surface area contributed by atoms with E-state index in [2.05, 4.69) is 9.97 Å². The molecule has 0 bridgehead atoms. The van der Waals surface area contributed by atoms with E-state index < -0.39 is 0 Å². The number of benzene rings is 3. The largest absolute Gasteiger partial charge is 0.281 e. The molecule has 0 saturated carbocycles. The highest BCUT2D eigenvalue weighted by atomic mass is 35.5. The molecule has 0 radical (unpaired) electrons. The van der Waals surface area contributed by atoms with Crippen LogP contribution in [-0.4, -0.2) is 20.2 Å². The summed E-state index contributed by atoms with van der Waals surface area (Å²) < 4.78 is 0. The summed E-state index contributed by atoms with van der Waals surface area (Å²) in [7, 11) is 0. The molecule has 0 saturated heterocycles. The van der Waals surface area contributed by atoms with Crippen LogP contribution >= 0.6 is 46.7 Å². The third kappa shape index (κ3) is 4.84. The van der Waals surface area contributed by atoms with E-state index in [-0.39, 0.29) is 10.2 Å². The lowest BCUT2D eigenvalue weighted by molar-refractivity contribution is 0.108. The molecule has 0 N–H and O–H groups in total. The van der Waals surface area contributed by atoms with Gasteiger partial charge in [0.05, 0.1) is 11.0 Å². The second kappa shape index (κ2) is 9.18. The zero-order valence-electron chi connectivity index (χ0n) is 15.2. The van der Waals surface area contributed by atoms with E-state index >= 15 is 0 Å². The zero-order chi connectivity index (χ0) is 21.1. The minimum Gasteiger partial charge on any atom is -0.281 e. The predicted molar refractivity (Wildman–Crippen MR) is 123 cm³/mol. The lowest BCUT2D eigenvalue weighted by atomic mass is 10.2. The second-order valence-corrected chi connectivity index (χ2v) is 8.91. The van der Waals surface area contributed by atoms with Crippen LogP contribution in [0.2, 0.25) is 10.0 Å². The lowest BCUT2D eigenvalue weighted by Gasteiger charge is -2.08. The topological polar surface area (TPSA) is 59.9 Å². The third-order valence-corrected chi connectivity index (χ3v) is 6.48. The molecule has 0 atom stereocenters. The number of nitrogens with zero attached hydrogens (tertiary/aromatic N) is 2. The van der Waals surface area contributed by atoms with Gasteiger partial charge in [0, 0.05) is 21.2 Å². The van der Waals surface area contributed by atoms with Gasteiger partial charge in [0.15, 0.2) is 0 Å². The van der Waals surface area contributed by atoms with Crippen molar-refractivity contribution in [3.63, 3.8) is 0 Å². The Morgan fingerprint density at radius 3 is 1.33 bits per heavy atom. The molecular weight excluding hydrogens is 459 g/mol. The zero-order valence-corrected chi connectivity index (χ0v) is 18.4. The number of rotatable bonds is 4. The number of carbonyl (C=O) groups excluding carboxylic acids is 2. The summed E-state index contributed by atoms with van der Waals surface area (Å²) in [6, 6.07) is 20.5. The number of halogens is 2. The van der Waals surface area contributed by atoms with Crippen molar-refractivity contribution in [1.82, 2.24) is 9.97 Å². The van der Waals surface area contributed by atoms with Crippen molar-refractivity contribution >= 4 is 68.0 Å². The van der Waals surface area contributed by atoms with Crippen molar-refractivity contribution in [3.05, 3.63) is 94.0 Å². The maximum atomic E-state index is 12.8. The number of para-hydroxylation sites is 2. The molecule has 0 amide bonds. The molecule has 8 heteroatoms. The molecular formula is C22H12Cl2N2O2S2. The number of fused-ring (bicyclic) bond motifs is 1. The van der Waals surface area contributed by atoms with Crippen LogP contribution in [0, 0.1) is 0 Å². The Hall–Kier alpha value is -2.38. The molecule has 3 aromatic carbocycles. The van der Waals surface area contributed by atoms with Crippen molar-refractivity contribution in [1.29, 1.82) is 0 Å². The molecule has 0 aliphatic heterocycles. The predicted octanol–water partition coefficient (Wildman–Crippen LogP) is 6.80. The number of hydrogen-bond donors (Lipinski definition) is 0. The van der Waals surface area contributed by atoms with Crippen LogP contribution in [0.5, 0.6) is 0 Å². The van der Waals surface area contributed by atoms with Crippen LogP contribution in [0.3, 0.4) is 0 Å². The Bertz CT molecular complexity index is 1150. The van der Waals surface area contributed by atoms with Gasteiger partial charge in [0.2, 0.25) is 10.2 Å².